The zero-order chi connectivity index (χ0) is 19.4. The Morgan fingerprint density at radius 2 is 1.77 bits per heavy atom. The van der Waals surface area contributed by atoms with Gasteiger partial charge in [-0.2, -0.15) is 0 Å². The van der Waals surface area contributed by atoms with Gasteiger partial charge in [-0.1, -0.05) is 5.92 Å². The SMILES string of the molecule is C#CCNc1ccc(C(=O)N[C@H](CCC(=O)OCC)C(=O)OCC)cc1. The maximum atomic E-state index is 12.4. The number of benzene rings is 1. The zero-order valence-electron chi connectivity index (χ0n) is 15.0. The largest absolute Gasteiger partial charge is 0.466 e. The minimum atomic E-state index is -0.925. The lowest BCUT2D eigenvalue weighted by Crippen LogP contribution is -2.42. The number of rotatable bonds is 10. The van der Waals surface area contributed by atoms with Crippen LogP contribution in [0.3, 0.4) is 0 Å². The number of carbonyl (C=O) groups excluding carboxylic acids is 3. The van der Waals surface area contributed by atoms with Gasteiger partial charge in [-0.25, -0.2) is 4.79 Å². The predicted molar refractivity (Wildman–Crippen MR) is 97.5 cm³/mol. The molecule has 0 aliphatic carbocycles. The monoisotopic (exact) mass is 360 g/mol. The number of amides is 1. The van der Waals surface area contributed by atoms with Gasteiger partial charge in [0.05, 0.1) is 19.8 Å². The highest BCUT2D eigenvalue weighted by Crippen LogP contribution is 2.10. The van der Waals surface area contributed by atoms with E-state index in [1.165, 1.54) is 0 Å². The van der Waals surface area contributed by atoms with Crippen LogP contribution >= 0.6 is 0 Å². The third-order valence-electron chi connectivity index (χ3n) is 3.36. The summed E-state index contributed by atoms with van der Waals surface area (Å²) in [6, 6.07) is 5.73. The number of anilines is 1. The van der Waals surface area contributed by atoms with Crippen molar-refractivity contribution in [1.82, 2.24) is 5.32 Å². The van der Waals surface area contributed by atoms with Gasteiger partial charge in [0.25, 0.3) is 5.91 Å². The molecule has 0 aliphatic heterocycles. The molecule has 0 radical (unpaired) electrons. The van der Waals surface area contributed by atoms with Gasteiger partial charge in [0.1, 0.15) is 6.04 Å². The molecule has 7 nitrogen and oxygen atoms in total. The molecule has 1 aromatic rings. The molecule has 140 valence electrons. The second-order valence-corrected chi connectivity index (χ2v) is 5.26. The highest BCUT2D eigenvalue weighted by molar-refractivity contribution is 5.97. The Hall–Kier alpha value is -3.01. The maximum Gasteiger partial charge on any atom is 0.328 e. The molecular weight excluding hydrogens is 336 g/mol. The Morgan fingerprint density at radius 3 is 2.35 bits per heavy atom. The Labute approximate surface area is 153 Å². The number of hydrogen-bond acceptors (Lipinski definition) is 6. The molecule has 0 aliphatic rings. The number of carbonyl (C=O) groups is 3. The first-order valence-electron chi connectivity index (χ1n) is 8.42. The summed E-state index contributed by atoms with van der Waals surface area (Å²) in [6.45, 7) is 4.19. The summed E-state index contributed by atoms with van der Waals surface area (Å²) < 4.78 is 9.80. The molecule has 1 atom stereocenters. The third-order valence-corrected chi connectivity index (χ3v) is 3.36. The van der Waals surface area contributed by atoms with Gasteiger partial charge in [-0.05, 0) is 44.5 Å². The van der Waals surface area contributed by atoms with Crippen LogP contribution in [0.4, 0.5) is 5.69 Å². The van der Waals surface area contributed by atoms with Crippen molar-refractivity contribution in [3.05, 3.63) is 29.8 Å². The summed E-state index contributed by atoms with van der Waals surface area (Å²) in [6.07, 6.45) is 5.29. The second-order valence-electron chi connectivity index (χ2n) is 5.26. The quantitative estimate of drug-likeness (QED) is 0.488. The molecule has 1 amide bonds. The van der Waals surface area contributed by atoms with E-state index in [9.17, 15) is 14.4 Å². The van der Waals surface area contributed by atoms with E-state index < -0.39 is 23.9 Å². The van der Waals surface area contributed by atoms with Crippen molar-refractivity contribution in [3.63, 3.8) is 0 Å². The molecule has 26 heavy (non-hydrogen) atoms. The summed E-state index contributed by atoms with van der Waals surface area (Å²) >= 11 is 0. The number of esters is 2. The van der Waals surface area contributed by atoms with Gasteiger partial charge in [0, 0.05) is 17.7 Å². The van der Waals surface area contributed by atoms with E-state index in [1.807, 2.05) is 0 Å². The van der Waals surface area contributed by atoms with Crippen LogP contribution in [0.15, 0.2) is 24.3 Å². The second kappa shape index (κ2) is 11.5. The first kappa shape index (κ1) is 21.0. The van der Waals surface area contributed by atoms with E-state index >= 15 is 0 Å². The van der Waals surface area contributed by atoms with Crippen LogP contribution in [-0.4, -0.2) is 43.6 Å². The van der Waals surface area contributed by atoms with Crippen LogP contribution in [0, 0.1) is 12.3 Å². The van der Waals surface area contributed by atoms with Crippen LogP contribution in [0.5, 0.6) is 0 Å². The Bertz CT molecular complexity index is 649. The van der Waals surface area contributed by atoms with Crippen molar-refractivity contribution >= 4 is 23.5 Å². The van der Waals surface area contributed by atoms with Gasteiger partial charge >= 0.3 is 11.9 Å². The maximum absolute atomic E-state index is 12.4. The Kier molecular flexibility index (Phi) is 9.33. The standard InChI is InChI=1S/C19H24N2O5/c1-4-13-20-15-9-7-14(8-10-15)18(23)21-16(19(24)26-6-3)11-12-17(22)25-5-2/h1,7-10,16,20H,5-6,11-13H2,2-3H3,(H,21,23)/t16-/m1/s1. The molecule has 0 aromatic heterocycles. The summed E-state index contributed by atoms with van der Waals surface area (Å²) in [5.74, 6) is 1.01. The highest BCUT2D eigenvalue weighted by atomic mass is 16.5. The van der Waals surface area contributed by atoms with Gasteiger partial charge in [-0.3, -0.25) is 9.59 Å². The summed E-state index contributed by atoms with van der Waals surface area (Å²) in [5, 5.41) is 5.59. The molecule has 0 spiro atoms. The molecule has 1 rings (SSSR count). The average Bonchev–Trinajstić information content (AvgIpc) is 2.64. The lowest BCUT2D eigenvalue weighted by atomic mass is 10.1. The van der Waals surface area contributed by atoms with Gasteiger partial charge in [-0.15, -0.1) is 6.42 Å². The fourth-order valence-electron chi connectivity index (χ4n) is 2.12. The van der Waals surface area contributed by atoms with E-state index in [0.29, 0.717) is 12.1 Å². The molecule has 0 saturated heterocycles. The number of hydrogen-bond donors (Lipinski definition) is 2. The number of ether oxygens (including phenoxy) is 2. The molecule has 7 heteroatoms. The summed E-state index contributed by atoms with van der Waals surface area (Å²) in [5.41, 5.74) is 1.16. The molecule has 1 aromatic carbocycles. The molecule has 0 bridgehead atoms. The fraction of sp³-hybridized carbons (Fsp3) is 0.421. The van der Waals surface area contributed by atoms with E-state index in [-0.39, 0.29) is 26.1 Å². The van der Waals surface area contributed by atoms with E-state index in [4.69, 9.17) is 15.9 Å². The predicted octanol–water partition coefficient (Wildman–Crippen LogP) is 1.74. The van der Waals surface area contributed by atoms with Crippen LogP contribution in [0.25, 0.3) is 0 Å². The van der Waals surface area contributed by atoms with E-state index in [0.717, 1.165) is 5.69 Å². The van der Waals surface area contributed by atoms with Crippen LogP contribution in [0.2, 0.25) is 0 Å². The molecular formula is C19H24N2O5. The molecule has 0 unspecified atom stereocenters. The van der Waals surface area contributed by atoms with E-state index in [1.54, 1.807) is 38.1 Å². The van der Waals surface area contributed by atoms with Crippen molar-refractivity contribution < 1.29 is 23.9 Å². The van der Waals surface area contributed by atoms with Crippen LogP contribution in [0.1, 0.15) is 37.0 Å². The molecule has 2 N–H and O–H groups in total. The smallest absolute Gasteiger partial charge is 0.328 e. The van der Waals surface area contributed by atoms with Crippen molar-refractivity contribution in [2.24, 2.45) is 0 Å². The number of terminal acetylenes is 1. The Morgan fingerprint density at radius 1 is 1.12 bits per heavy atom. The lowest BCUT2D eigenvalue weighted by molar-refractivity contribution is -0.146. The van der Waals surface area contributed by atoms with Crippen molar-refractivity contribution in [2.75, 3.05) is 25.1 Å². The van der Waals surface area contributed by atoms with Crippen LogP contribution in [-0.2, 0) is 19.1 Å². The van der Waals surface area contributed by atoms with Gasteiger partial charge in [0.15, 0.2) is 0 Å². The fourth-order valence-corrected chi connectivity index (χ4v) is 2.12. The van der Waals surface area contributed by atoms with Gasteiger partial charge < -0.3 is 20.1 Å². The minimum absolute atomic E-state index is 0.00650. The zero-order valence-corrected chi connectivity index (χ0v) is 15.0. The van der Waals surface area contributed by atoms with Crippen molar-refractivity contribution in [3.8, 4) is 12.3 Å². The highest BCUT2D eigenvalue weighted by Gasteiger charge is 2.23. The van der Waals surface area contributed by atoms with Crippen LogP contribution < -0.4 is 10.6 Å². The van der Waals surface area contributed by atoms with Gasteiger partial charge in [0.2, 0.25) is 0 Å². The first-order chi connectivity index (χ1) is 12.5. The van der Waals surface area contributed by atoms with Crippen molar-refractivity contribution in [1.29, 1.82) is 0 Å². The molecule has 0 heterocycles. The molecule has 0 fully saturated rings. The topological polar surface area (TPSA) is 93.7 Å². The summed E-state index contributed by atoms with van der Waals surface area (Å²) in [7, 11) is 0. The minimum Gasteiger partial charge on any atom is -0.466 e. The lowest BCUT2D eigenvalue weighted by Gasteiger charge is -2.17. The number of nitrogens with one attached hydrogen (secondary N) is 2. The average molecular weight is 360 g/mol. The summed E-state index contributed by atoms with van der Waals surface area (Å²) in [4.78, 5) is 35.9. The third kappa shape index (κ3) is 7.26. The Balaban J connectivity index is 2.72. The normalized spacial score (nSPS) is 11.0. The van der Waals surface area contributed by atoms with E-state index in [2.05, 4.69) is 16.6 Å². The first-order valence-corrected chi connectivity index (χ1v) is 8.42. The van der Waals surface area contributed by atoms with Crippen molar-refractivity contribution in [2.45, 2.75) is 32.7 Å². The molecule has 0 saturated carbocycles.